The SMILES string of the molecule is CCc1c2nc(cc3nc(cc4ccc(cc5cc(-c6ccc(OC)cc6)c1[nH]5)[nH]4)C=C3)C=C2. The monoisotopic (exact) mass is 444 g/mol. The lowest BCUT2D eigenvalue weighted by atomic mass is 10.0. The van der Waals surface area contributed by atoms with Crippen LogP contribution in [0.3, 0.4) is 0 Å². The lowest BCUT2D eigenvalue weighted by Gasteiger charge is -2.05. The largest absolute Gasteiger partial charge is 0.497 e. The smallest absolute Gasteiger partial charge is 0.118 e. The van der Waals surface area contributed by atoms with E-state index in [0.717, 1.165) is 68.1 Å². The number of aryl methyl sites for hydroxylation is 1. The van der Waals surface area contributed by atoms with E-state index < -0.39 is 0 Å². The van der Waals surface area contributed by atoms with Crippen molar-refractivity contribution in [2.45, 2.75) is 13.3 Å². The van der Waals surface area contributed by atoms with Crippen LogP contribution in [0.1, 0.15) is 35.3 Å². The Bertz CT molecular complexity index is 1620. The van der Waals surface area contributed by atoms with E-state index in [4.69, 9.17) is 14.7 Å². The second-order valence-corrected chi connectivity index (χ2v) is 8.43. The number of aromatic amines is 2. The molecule has 1 aromatic carbocycles. The molecule has 0 amide bonds. The van der Waals surface area contributed by atoms with Gasteiger partial charge in [0, 0.05) is 27.7 Å². The number of fused-ring (bicyclic) bond motifs is 8. The Morgan fingerprint density at radius 1 is 0.706 bits per heavy atom. The molecule has 0 aliphatic carbocycles. The highest BCUT2D eigenvalue weighted by Crippen LogP contribution is 2.32. The summed E-state index contributed by atoms with van der Waals surface area (Å²) in [5.74, 6) is 0.843. The Hall–Kier alpha value is -4.38. The van der Waals surface area contributed by atoms with Gasteiger partial charge in [0.15, 0.2) is 0 Å². The first-order valence-corrected chi connectivity index (χ1v) is 11.4. The first kappa shape index (κ1) is 20.2. The van der Waals surface area contributed by atoms with Gasteiger partial charge < -0.3 is 14.7 Å². The summed E-state index contributed by atoms with van der Waals surface area (Å²) < 4.78 is 5.37. The maximum Gasteiger partial charge on any atom is 0.118 e. The fourth-order valence-electron chi connectivity index (χ4n) is 4.53. The Kier molecular flexibility index (Phi) is 4.88. The normalized spacial score (nSPS) is 12.3. The summed E-state index contributed by atoms with van der Waals surface area (Å²) in [4.78, 5) is 16.8. The number of rotatable bonds is 3. The predicted octanol–water partition coefficient (Wildman–Crippen LogP) is 6.89. The number of hydrogen-bond acceptors (Lipinski definition) is 3. The Labute approximate surface area is 197 Å². The second-order valence-electron chi connectivity index (χ2n) is 8.43. The van der Waals surface area contributed by atoms with Gasteiger partial charge in [-0.15, -0.1) is 0 Å². The zero-order valence-corrected chi connectivity index (χ0v) is 19.1. The molecule has 0 radical (unpaired) electrons. The highest BCUT2D eigenvalue weighted by Gasteiger charge is 2.12. The molecule has 0 saturated heterocycles. The van der Waals surface area contributed by atoms with Crippen LogP contribution in [0.15, 0.2) is 60.7 Å². The van der Waals surface area contributed by atoms with Crippen LogP contribution in [0.2, 0.25) is 0 Å². The molecule has 2 N–H and O–H groups in total. The molecule has 5 heteroatoms. The van der Waals surface area contributed by atoms with Crippen LogP contribution < -0.4 is 4.74 Å². The minimum atomic E-state index is 0.843. The average Bonchev–Trinajstić information content (AvgIpc) is 3.65. The summed E-state index contributed by atoms with van der Waals surface area (Å²) >= 11 is 0. The van der Waals surface area contributed by atoms with Gasteiger partial charge in [0.2, 0.25) is 0 Å². The number of ether oxygens (including phenoxy) is 1. The van der Waals surface area contributed by atoms with Gasteiger partial charge in [-0.1, -0.05) is 19.1 Å². The maximum atomic E-state index is 5.37. The molecule has 0 saturated carbocycles. The second kappa shape index (κ2) is 8.19. The zero-order chi connectivity index (χ0) is 23.1. The number of hydrogen-bond donors (Lipinski definition) is 2. The van der Waals surface area contributed by atoms with Crippen molar-refractivity contribution in [1.82, 2.24) is 19.9 Å². The standard InChI is InChI=1S/C29H24N4O/c1-3-26-28-13-10-23(32-28)15-21-7-6-19(30-21)14-20-8-9-22(31-20)16-24-17-27(29(26)33-24)18-4-11-25(34-2)12-5-18/h4-17,31,33H,3H2,1-2H3. The van der Waals surface area contributed by atoms with E-state index in [1.807, 2.05) is 30.4 Å². The average molecular weight is 445 g/mol. The van der Waals surface area contributed by atoms with Crippen molar-refractivity contribution in [2.75, 3.05) is 7.11 Å². The van der Waals surface area contributed by atoms with Crippen LogP contribution in [0, 0.1) is 0 Å². The topological polar surface area (TPSA) is 66.6 Å². The van der Waals surface area contributed by atoms with E-state index in [1.54, 1.807) is 7.11 Å². The third kappa shape index (κ3) is 3.71. The Morgan fingerprint density at radius 3 is 2.18 bits per heavy atom. The predicted molar refractivity (Wildman–Crippen MR) is 140 cm³/mol. The fraction of sp³-hybridized carbons (Fsp3) is 0.103. The molecule has 2 aliphatic rings. The summed E-state index contributed by atoms with van der Waals surface area (Å²) in [5.41, 5.74) is 11.3. The number of H-pyrrole nitrogens is 2. The fourth-order valence-corrected chi connectivity index (χ4v) is 4.53. The lowest BCUT2D eigenvalue weighted by Crippen LogP contribution is -1.89. The molecule has 5 nitrogen and oxygen atoms in total. The van der Waals surface area contributed by atoms with Gasteiger partial charge in [-0.2, -0.15) is 0 Å². The van der Waals surface area contributed by atoms with Gasteiger partial charge in [0.25, 0.3) is 0 Å². The first-order chi connectivity index (χ1) is 16.7. The molecule has 0 unspecified atom stereocenters. The van der Waals surface area contributed by atoms with Crippen molar-refractivity contribution in [3.05, 3.63) is 89.0 Å². The minimum Gasteiger partial charge on any atom is -0.497 e. The molecule has 2 aliphatic heterocycles. The summed E-state index contributed by atoms with van der Waals surface area (Å²) in [6.45, 7) is 2.17. The molecule has 3 aromatic heterocycles. The molecule has 34 heavy (non-hydrogen) atoms. The summed E-state index contributed by atoms with van der Waals surface area (Å²) in [6, 6.07) is 20.8. The van der Waals surface area contributed by atoms with Crippen LogP contribution >= 0.6 is 0 Å². The quantitative estimate of drug-likeness (QED) is 0.312. The van der Waals surface area contributed by atoms with Gasteiger partial charge in [-0.25, -0.2) is 9.97 Å². The highest BCUT2D eigenvalue weighted by atomic mass is 16.5. The van der Waals surface area contributed by atoms with E-state index in [-0.39, 0.29) is 0 Å². The van der Waals surface area contributed by atoms with Crippen LogP contribution in [0.25, 0.3) is 57.5 Å². The Balaban J connectivity index is 1.70. The van der Waals surface area contributed by atoms with Gasteiger partial charge in [0.05, 0.1) is 35.4 Å². The number of aromatic nitrogens is 4. The van der Waals surface area contributed by atoms with Crippen LogP contribution in [-0.4, -0.2) is 27.0 Å². The van der Waals surface area contributed by atoms with E-state index in [1.165, 1.54) is 5.56 Å². The molecular weight excluding hydrogens is 420 g/mol. The van der Waals surface area contributed by atoms with Crippen molar-refractivity contribution >= 4 is 46.4 Å². The van der Waals surface area contributed by atoms with Gasteiger partial charge in [-0.05, 0) is 84.8 Å². The third-order valence-electron chi connectivity index (χ3n) is 6.19. The van der Waals surface area contributed by atoms with E-state index in [0.29, 0.717) is 0 Å². The number of benzene rings is 1. The van der Waals surface area contributed by atoms with Crippen LogP contribution in [0.4, 0.5) is 0 Å². The number of nitrogens with zero attached hydrogens (tertiary/aromatic N) is 2. The molecule has 8 bridgehead atoms. The van der Waals surface area contributed by atoms with Crippen LogP contribution in [0.5, 0.6) is 5.75 Å². The summed E-state index contributed by atoms with van der Waals surface area (Å²) in [6.07, 6.45) is 9.05. The first-order valence-electron chi connectivity index (χ1n) is 11.4. The van der Waals surface area contributed by atoms with Gasteiger partial charge >= 0.3 is 0 Å². The summed E-state index contributed by atoms with van der Waals surface area (Å²) in [7, 11) is 1.69. The van der Waals surface area contributed by atoms with Crippen molar-refractivity contribution in [1.29, 1.82) is 0 Å². The number of nitrogens with one attached hydrogen (secondary N) is 2. The molecule has 166 valence electrons. The minimum absolute atomic E-state index is 0.843. The zero-order valence-electron chi connectivity index (χ0n) is 19.1. The number of methoxy groups -OCH3 is 1. The maximum absolute atomic E-state index is 5.37. The van der Waals surface area contributed by atoms with Crippen LogP contribution in [-0.2, 0) is 6.42 Å². The van der Waals surface area contributed by atoms with E-state index in [2.05, 4.69) is 71.5 Å². The molecule has 5 heterocycles. The highest BCUT2D eigenvalue weighted by molar-refractivity contribution is 5.90. The molecule has 0 atom stereocenters. The summed E-state index contributed by atoms with van der Waals surface area (Å²) in [5, 5.41) is 0. The van der Waals surface area contributed by atoms with Crippen molar-refractivity contribution in [3.8, 4) is 16.9 Å². The van der Waals surface area contributed by atoms with Gasteiger partial charge in [0.1, 0.15) is 5.75 Å². The molecule has 6 rings (SSSR count). The molecule has 4 aromatic rings. The van der Waals surface area contributed by atoms with Gasteiger partial charge in [-0.3, -0.25) is 0 Å². The lowest BCUT2D eigenvalue weighted by molar-refractivity contribution is 0.415. The van der Waals surface area contributed by atoms with Crippen molar-refractivity contribution < 1.29 is 4.74 Å². The molecule has 0 fully saturated rings. The van der Waals surface area contributed by atoms with E-state index >= 15 is 0 Å². The third-order valence-corrected chi connectivity index (χ3v) is 6.19. The van der Waals surface area contributed by atoms with Crippen molar-refractivity contribution in [2.24, 2.45) is 0 Å². The molecular formula is C29H24N4O. The molecule has 0 spiro atoms. The van der Waals surface area contributed by atoms with Crippen molar-refractivity contribution in [3.63, 3.8) is 0 Å². The Morgan fingerprint density at radius 2 is 1.41 bits per heavy atom. The van der Waals surface area contributed by atoms with E-state index in [9.17, 15) is 0 Å².